The van der Waals surface area contributed by atoms with E-state index in [2.05, 4.69) is 25.8 Å². The number of rotatable bonds is 5. The van der Waals surface area contributed by atoms with E-state index in [4.69, 9.17) is 11.6 Å². The molecule has 1 aliphatic rings. The smallest absolute Gasteiger partial charge is 0.262 e. The monoisotopic (exact) mass is 407 g/mol. The van der Waals surface area contributed by atoms with E-state index in [0.717, 1.165) is 19.5 Å². The van der Waals surface area contributed by atoms with Crippen molar-refractivity contribution in [2.45, 2.75) is 45.3 Å². The number of amides is 1. The highest BCUT2D eigenvalue weighted by atomic mass is 35.5. The van der Waals surface area contributed by atoms with Crippen molar-refractivity contribution in [3.05, 3.63) is 33.6 Å². The Morgan fingerprint density at radius 3 is 2.89 bits per heavy atom. The first-order valence-corrected chi connectivity index (χ1v) is 10.8. The Labute approximate surface area is 169 Å². The molecule has 1 saturated heterocycles. The van der Waals surface area contributed by atoms with Gasteiger partial charge >= 0.3 is 0 Å². The van der Waals surface area contributed by atoms with Crippen LogP contribution in [0.4, 0.5) is 0 Å². The maximum absolute atomic E-state index is 13.0. The SMILES string of the molecule is CC(C)Cn1c(SCC(=O)N2CCC[C@@H](C)C2)nc2ccc(Cl)cc2c1=O. The van der Waals surface area contributed by atoms with E-state index in [-0.39, 0.29) is 11.5 Å². The number of benzene rings is 1. The number of likely N-dealkylation sites (tertiary alicyclic amines) is 1. The van der Waals surface area contributed by atoms with Gasteiger partial charge in [-0.15, -0.1) is 0 Å². The molecule has 5 nitrogen and oxygen atoms in total. The zero-order valence-electron chi connectivity index (χ0n) is 16.1. The molecule has 3 rings (SSSR count). The standard InChI is InChI=1S/C20H26ClN3O2S/c1-13(2)10-24-19(26)16-9-15(21)6-7-17(16)22-20(24)27-12-18(25)23-8-4-5-14(3)11-23/h6-7,9,13-14H,4-5,8,10-12H2,1-3H3/t14-/m1/s1. The first kappa shape index (κ1) is 20.2. The highest BCUT2D eigenvalue weighted by molar-refractivity contribution is 7.99. The maximum atomic E-state index is 13.0. The average Bonchev–Trinajstić information content (AvgIpc) is 2.62. The molecule has 1 aromatic heterocycles. The molecule has 0 N–H and O–H groups in total. The number of carbonyl (C=O) groups excluding carboxylic acids is 1. The molecular weight excluding hydrogens is 382 g/mol. The van der Waals surface area contributed by atoms with Gasteiger partial charge in [-0.05, 0) is 42.9 Å². The predicted octanol–water partition coefficient (Wildman–Crippen LogP) is 4.06. The molecule has 0 radical (unpaired) electrons. The summed E-state index contributed by atoms with van der Waals surface area (Å²) in [5, 5.41) is 1.64. The number of hydrogen-bond donors (Lipinski definition) is 0. The number of thioether (sulfide) groups is 1. The van der Waals surface area contributed by atoms with Crippen LogP contribution < -0.4 is 5.56 Å². The van der Waals surface area contributed by atoms with Gasteiger partial charge in [0.2, 0.25) is 5.91 Å². The molecule has 2 aromatic rings. The Hall–Kier alpha value is -1.53. The second-order valence-electron chi connectivity index (χ2n) is 7.74. The van der Waals surface area contributed by atoms with E-state index < -0.39 is 0 Å². The van der Waals surface area contributed by atoms with Crippen LogP contribution in [0.2, 0.25) is 5.02 Å². The Balaban J connectivity index is 1.87. The fraction of sp³-hybridized carbons (Fsp3) is 0.550. The second-order valence-corrected chi connectivity index (χ2v) is 9.12. The number of hydrogen-bond acceptors (Lipinski definition) is 4. The molecule has 0 aliphatic carbocycles. The van der Waals surface area contributed by atoms with Crippen molar-refractivity contribution in [3.8, 4) is 0 Å². The highest BCUT2D eigenvalue weighted by Crippen LogP contribution is 2.23. The topological polar surface area (TPSA) is 55.2 Å². The Kier molecular flexibility index (Phi) is 6.48. The lowest BCUT2D eigenvalue weighted by atomic mass is 10.0. The summed E-state index contributed by atoms with van der Waals surface area (Å²) in [7, 11) is 0. The van der Waals surface area contributed by atoms with Crippen LogP contribution in [-0.2, 0) is 11.3 Å². The first-order valence-electron chi connectivity index (χ1n) is 9.46. The summed E-state index contributed by atoms with van der Waals surface area (Å²) in [6.45, 7) is 8.51. The van der Waals surface area contributed by atoms with Crippen LogP contribution in [0.5, 0.6) is 0 Å². The minimum atomic E-state index is -0.0993. The van der Waals surface area contributed by atoms with Gasteiger partial charge in [-0.2, -0.15) is 0 Å². The number of nitrogens with zero attached hydrogens (tertiary/aromatic N) is 3. The average molecular weight is 408 g/mol. The highest BCUT2D eigenvalue weighted by Gasteiger charge is 2.22. The van der Waals surface area contributed by atoms with Gasteiger partial charge in [-0.3, -0.25) is 14.2 Å². The summed E-state index contributed by atoms with van der Waals surface area (Å²) < 4.78 is 1.68. The van der Waals surface area contributed by atoms with E-state index in [1.54, 1.807) is 22.8 Å². The summed E-state index contributed by atoms with van der Waals surface area (Å²) >= 11 is 7.41. The van der Waals surface area contributed by atoms with Gasteiger partial charge in [0.25, 0.3) is 5.56 Å². The molecule has 1 amide bonds. The molecule has 1 aromatic carbocycles. The molecule has 1 aliphatic heterocycles. The zero-order chi connectivity index (χ0) is 19.6. The predicted molar refractivity (Wildman–Crippen MR) is 112 cm³/mol. The maximum Gasteiger partial charge on any atom is 0.262 e. The van der Waals surface area contributed by atoms with Crippen molar-refractivity contribution in [2.24, 2.45) is 11.8 Å². The molecular formula is C20H26ClN3O2S. The van der Waals surface area contributed by atoms with E-state index in [1.807, 2.05) is 4.90 Å². The van der Waals surface area contributed by atoms with Crippen molar-refractivity contribution in [1.29, 1.82) is 0 Å². The van der Waals surface area contributed by atoms with Crippen LogP contribution in [0.15, 0.2) is 28.2 Å². The minimum Gasteiger partial charge on any atom is -0.342 e. The summed E-state index contributed by atoms with van der Waals surface area (Å²) in [6, 6.07) is 5.16. The lowest BCUT2D eigenvalue weighted by Gasteiger charge is -2.30. The number of carbonyl (C=O) groups is 1. The van der Waals surface area contributed by atoms with E-state index >= 15 is 0 Å². The summed E-state index contributed by atoms with van der Waals surface area (Å²) in [4.78, 5) is 32.2. The molecule has 7 heteroatoms. The fourth-order valence-electron chi connectivity index (χ4n) is 3.44. The van der Waals surface area contributed by atoms with Gasteiger partial charge in [0, 0.05) is 24.7 Å². The van der Waals surface area contributed by atoms with Gasteiger partial charge in [-0.1, -0.05) is 44.1 Å². The van der Waals surface area contributed by atoms with Gasteiger partial charge in [0.1, 0.15) is 0 Å². The largest absolute Gasteiger partial charge is 0.342 e. The zero-order valence-corrected chi connectivity index (χ0v) is 17.6. The van der Waals surface area contributed by atoms with Crippen molar-refractivity contribution >= 4 is 40.2 Å². The van der Waals surface area contributed by atoms with Crippen LogP contribution in [-0.4, -0.2) is 39.2 Å². The van der Waals surface area contributed by atoms with Crippen molar-refractivity contribution < 1.29 is 4.79 Å². The second kappa shape index (κ2) is 8.65. The molecule has 0 bridgehead atoms. The van der Waals surface area contributed by atoms with Crippen molar-refractivity contribution in [3.63, 3.8) is 0 Å². The molecule has 0 saturated carbocycles. The Morgan fingerprint density at radius 1 is 1.41 bits per heavy atom. The van der Waals surface area contributed by atoms with E-state index in [1.165, 1.54) is 18.2 Å². The van der Waals surface area contributed by atoms with Crippen molar-refractivity contribution in [2.75, 3.05) is 18.8 Å². The summed E-state index contributed by atoms with van der Waals surface area (Å²) in [5.41, 5.74) is 0.517. The summed E-state index contributed by atoms with van der Waals surface area (Å²) in [5.74, 6) is 1.26. The Morgan fingerprint density at radius 2 is 2.19 bits per heavy atom. The number of piperidine rings is 1. The van der Waals surface area contributed by atoms with Gasteiger partial charge in [-0.25, -0.2) is 4.98 Å². The molecule has 1 fully saturated rings. The van der Waals surface area contributed by atoms with Gasteiger partial charge in [0.15, 0.2) is 5.16 Å². The third-order valence-electron chi connectivity index (χ3n) is 4.76. The molecule has 1 atom stereocenters. The third-order valence-corrected chi connectivity index (χ3v) is 5.96. The molecule has 146 valence electrons. The van der Waals surface area contributed by atoms with Crippen LogP contribution in [0.1, 0.15) is 33.6 Å². The number of aromatic nitrogens is 2. The number of halogens is 1. The number of fused-ring (bicyclic) bond motifs is 1. The molecule has 0 unspecified atom stereocenters. The van der Waals surface area contributed by atoms with Crippen LogP contribution in [0.3, 0.4) is 0 Å². The van der Waals surface area contributed by atoms with E-state index in [9.17, 15) is 9.59 Å². The molecule has 0 spiro atoms. The fourth-order valence-corrected chi connectivity index (χ4v) is 4.53. The van der Waals surface area contributed by atoms with Crippen LogP contribution in [0.25, 0.3) is 10.9 Å². The molecule has 27 heavy (non-hydrogen) atoms. The van der Waals surface area contributed by atoms with Crippen molar-refractivity contribution in [1.82, 2.24) is 14.5 Å². The van der Waals surface area contributed by atoms with Crippen LogP contribution in [0, 0.1) is 11.8 Å². The minimum absolute atomic E-state index is 0.0993. The first-order chi connectivity index (χ1) is 12.8. The van der Waals surface area contributed by atoms with E-state index in [0.29, 0.717) is 45.2 Å². The van der Waals surface area contributed by atoms with Gasteiger partial charge < -0.3 is 4.90 Å². The third kappa shape index (κ3) is 4.85. The van der Waals surface area contributed by atoms with Crippen LogP contribution >= 0.6 is 23.4 Å². The molecule has 2 heterocycles. The lowest BCUT2D eigenvalue weighted by Crippen LogP contribution is -2.40. The summed E-state index contributed by atoms with van der Waals surface area (Å²) in [6.07, 6.45) is 2.24. The van der Waals surface area contributed by atoms with Gasteiger partial charge in [0.05, 0.1) is 16.7 Å². The Bertz CT molecular complexity index is 897. The quantitative estimate of drug-likeness (QED) is 0.554. The lowest BCUT2D eigenvalue weighted by molar-refractivity contribution is -0.130. The normalized spacial score (nSPS) is 17.7.